The molecule has 4 nitrogen and oxygen atoms in total. The van der Waals surface area contributed by atoms with Gasteiger partial charge in [-0.2, -0.15) is 0 Å². The Labute approximate surface area is 152 Å². The number of benzene rings is 2. The highest BCUT2D eigenvalue weighted by Crippen LogP contribution is 2.34. The van der Waals surface area contributed by atoms with E-state index in [2.05, 4.69) is 0 Å². The molecule has 0 radical (unpaired) electrons. The zero-order valence-corrected chi connectivity index (χ0v) is 14.7. The highest BCUT2D eigenvalue weighted by Gasteiger charge is 2.28. The summed E-state index contributed by atoms with van der Waals surface area (Å²) >= 11 is 6.08. The van der Waals surface area contributed by atoms with Crippen LogP contribution in [0.5, 0.6) is 11.5 Å². The lowest BCUT2D eigenvalue weighted by molar-refractivity contribution is 0.0664. The number of halogens is 1. The van der Waals surface area contributed by atoms with Gasteiger partial charge >= 0.3 is 0 Å². The highest BCUT2D eigenvalue weighted by molar-refractivity contribution is 6.30. The molecule has 25 heavy (non-hydrogen) atoms. The van der Waals surface area contributed by atoms with Crippen molar-refractivity contribution in [3.8, 4) is 11.5 Å². The van der Waals surface area contributed by atoms with E-state index < -0.39 is 0 Å². The normalized spacial score (nSPS) is 16.2. The first-order valence-electron chi connectivity index (χ1n) is 8.66. The van der Waals surface area contributed by atoms with Gasteiger partial charge in [-0.3, -0.25) is 4.79 Å². The SMILES string of the molecule is O=C(c1cccc(Cl)c1)N(Cc1ccc2c(c1)OCO2)C1CCCC1. The van der Waals surface area contributed by atoms with E-state index in [0.717, 1.165) is 29.9 Å². The van der Waals surface area contributed by atoms with Gasteiger partial charge in [0, 0.05) is 23.2 Å². The molecule has 0 aromatic heterocycles. The maximum atomic E-state index is 13.1. The van der Waals surface area contributed by atoms with E-state index >= 15 is 0 Å². The first-order chi connectivity index (χ1) is 12.2. The molecule has 130 valence electrons. The molecule has 0 spiro atoms. The van der Waals surface area contributed by atoms with E-state index in [-0.39, 0.29) is 18.7 Å². The lowest BCUT2D eigenvalue weighted by atomic mass is 10.1. The molecule has 5 heteroatoms. The van der Waals surface area contributed by atoms with Gasteiger partial charge in [-0.25, -0.2) is 0 Å². The zero-order valence-electron chi connectivity index (χ0n) is 13.9. The van der Waals surface area contributed by atoms with Crippen LogP contribution in [0.1, 0.15) is 41.6 Å². The first-order valence-corrected chi connectivity index (χ1v) is 9.03. The van der Waals surface area contributed by atoms with Gasteiger partial charge in [0.1, 0.15) is 0 Å². The molecule has 1 saturated carbocycles. The molecular weight excluding hydrogens is 338 g/mol. The maximum absolute atomic E-state index is 13.1. The van der Waals surface area contributed by atoms with Gasteiger partial charge in [0.15, 0.2) is 11.5 Å². The topological polar surface area (TPSA) is 38.8 Å². The van der Waals surface area contributed by atoms with Crippen molar-refractivity contribution >= 4 is 17.5 Å². The minimum absolute atomic E-state index is 0.0343. The Morgan fingerprint density at radius 3 is 2.68 bits per heavy atom. The van der Waals surface area contributed by atoms with Crippen molar-refractivity contribution in [2.75, 3.05) is 6.79 Å². The summed E-state index contributed by atoms with van der Waals surface area (Å²) in [4.78, 5) is 15.1. The van der Waals surface area contributed by atoms with E-state index in [1.54, 1.807) is 12.1 Å². The van der Waals surface area contributed by atoms with Gasteiger partial charge in [-0.15, -0.1) is 0 Å². The Morgan fingerprint density at radius 2 is 1.88 bits per heavy atom. The maximum Gasteiger partial charge on any atom is 0.254 e. The minimum Gasteiger partial charge on any atom is -0.454 e. The Hall–Kier alpha value is -2.20. The van der Waals surface area contributed by atoms with E-state index in [0.29, 0.717) is 17.1 Å². The number of carbonyl (C=O) groups excluding carboxylic acids is 1. The van der Waals surface area contributed by atoms with Crippen LogP contribution in [0.3, 0.4) is 0 Å². The third-order valence-corrected chi connectivity index (χ3v) is 5.12. The molecule has 0 unspecified atom stereocenters. The molecule has 4 rings (SSSR count). The van der Waals surface area contributed by atoms with Crippen molar-refractivity contribution in [3.63, 3.8) is 0 Å². The molecule has 0 atom stereocenters. The summed E-state index contributed by atoms with van der Waals surface area (Å²) in [5.41, 5.74) is 1.69. The Balaban J connectivity index is 1.61. The molecule has 1 aliphatic carbocycles. The number of carbonyl (C=O) groups is 1. The summed E-state index contributed by atoms with van der Waals surface area (Å²) in [6.45, 7) is 0.819. The summed E-state index contributed by atoms with van der Waals surface area (Å²) in [5.74, 6) is 1.54. The van der Waals surface area contributed by atoms with Gasteiger partial charge in [0.05, 0.1) is 0 Å². The number of hydrogen-bond acceptors (Lipinski definition) is 3. The fourth-order valence-corrected chi connectivity index (χ4v) is 3.80. The van der Waals surface area contributed by atoms with E-state index in [1.807, 2.05) is 35.2 Å². The summed E-state index contributed by atoms with van der Waals surface area (Å²) < 4.78 is 10.8. The lowest BCUT2D eigenvalue weighted by Crippen LogP contribution is -2.38. The number of hydrogen-bond donors (Lipinski definition) is 0. The second-order valence-corrected chi connectivity index (χ2v) is 7.01. The standard InChI is InChI=1S/C20H20ClNO3/c21-16-5-3-4-15(11-16)20(23)22(17-6-1-2-7-17)12-14-8-9-18-19(10-14)25-13-24-18/h3-5,8-11,17H,1-2,6-7,12-13H2. The van der Waals surface area contributed by atoms with Gasteiger partial charge < -0.3 is 14.4 Å². The third kappa shape index (κ3) is 3.45. The van der Waals surface area contributed by atoms with E-state index in [1.165, 1.54) is 12.8 Å². The molecule has 1 aliphatic heterocycles. The van der Waals surface area contributed by atoms with Crippen molar-refractivity contribution in [1.29, 1.82) is 0 Å². The molecule has 0 bridgehead atoms. The molecule has 1 amide bonds. The number of nitrogens with zero attached hydrogens (tertiary/aromatic N) is 1. The van der Waals surface area contributed by atoms with E-state index in [9.17, 15) is 4.79 Å². The van der Waals surface area contributed by atoms with Crippen LogP contribution in [0, 0.1) is 0 Å². The number of amides is 1. The lowest BCUT2D eigenvalue weighted by Gasteiger charge is -2.29. The first kappa shape index (κ1) is 16.3. The van der Waals surface area contributed by atoms with E-state index in [4.69, 9.17) is 21.1 Å². The molecule has 2 aromatic carbocycles. The summed E-state index contributed by atoms with van der Waals surface area (Å²) in [6, 6.07) is 13.3. The van der Waals surface area contributed by atoms with Crippen LogP contribution in [0.25, 0.3) is 0 Å². The number of rotatable bonds is 4. The van der Waals surface area contributed by atoms with Gasteiger partial charge in [0.25, 0.3) is 5.91 Å². The average Bonchev–Trinajstić information content (AvgIpc) is 3.30. The van der Waals surface area contributed by atoms with Gasteiger partial charge in [-0.1, -0.05) is 36.6 Å². The molecule has 2 aromatic rings. The van der Waals surface area contributed by atoms with Gasteiger partial charge in [0.2, 0.25) is 6.79 Å². The van der Waals surface area contributed by atoms with Gasteiger partial charge in [-0.05, 0) is 48.7 Å². The Bertz CT molecular complexity index is 786. The Morgan fingerprint density at radius 1 is 1.08 bits per heavy atom. The second-order valence-electron chi connectivity index (χ2n) is 6.57. The fraction of sp³-hybridized carbons (Fsp3) is 0.350. The van der Waals surface area contributed by atoms with Crippen LogP contribution in [0.15, 0.2) is 42.5 Å². The van der Waals surface area contributed by atoms with Crippen LogP contribution in [0.2, 0.25) is 5.02 Å². The number of fused-ring (bicyclic) bond motifs is 1. The predicted molar refractivity (Wildman–Crippen MR) is 96.1 cm³/mol. The highest BCUT2D eigenvalue weighted by atomic mass is 35.5. The smallest absolute Gasteiger partial charge is 0.254 e. The molecule has 0 saturated heterocycles. The van der Waals surface area contributed by atoms with Crippen molar-refractivity contribution < 1.29 is 14.3 Å². The molecule has 2 aliphatic rings. The van der Waals surface area contributed by atoms with Crippen LogP contribution in [-0.4, -0.2) is 23.6 Å². The molecule has 1 heterocycles. The Kier molecular flexibility index (Phi) is 4.53. The summed E-state index contributed by atoms with van der Waals surface area (Å²) in [6.07, 6.45) is 4.45. The fourth-order valence-electron chi connectivity index (χ4n) is 3.61. The van der Waals surface area contributed by atoms with Crippen molar-refractivity contribution in [3.05, 3.63) is 58.6 Å². The molecular formula is C20H20ClNO3. The average molecular weight is 358 g/mol. The molecule has 1 fully saturated rings. The second kappa shape index (κ2) is 6.96. The molecule has 0 N–H and O–H groups in total. The van der Waals surface area contributed by atoms with Crippen molar-refractivity contribution in [2.45, 2.75) is 38.3 Å². The zero-order chi connectivity index (χ0) is 17.2. The number of ether oxygens (including phenoxy) is 2. The summed E-state index contributed by atoms with van der Waals surface area (Å²) in [7, 11) is 0. The third-order valence-electron chi connectivity index (χ3n) is 4.89. The monoisotopic (exact) mass is 357 g/mol. The van der Waals surface area contributed by atoms with Crippen LogP contribution < -0.4 is 9.47 Å². The summed E-state index contributed by atoms with van der Waals surface area (Å²) in [5, 5.41) is 0.584. The largest absolute Gasteiger partial charge is 0.454 e. The van der Waals surface area contributed by atoms with Crippen molar-refractivity contribution in [2.24, 2.45) is 0 Å². The predicted octanol–water partition coefficient (Wildman–Crippen LogP) is 4.65. The van der Waals surface area contributed by atoms with Crippen LogP contribution >= 0.6 is 11.6 Å². The van der Waals surface area contributed by atoms with Crippen molar-refractivity contribution in [1.82, 2.24) is 4.90 Å². The minimum atomic E-state index is 0.0343. The quantitative estimate of drug-likeness (QED) is 0.799. The van der Waals surface area contributed by atoms with Crippen LogP contribution in [0.4, 0.5) is 0 Å². The van der Waals surface area contributed by atoms with Crippen LogP contribution in [-0.2, 0) is 6.54 Å².